The summed E-state index contributed by atoms with van der Waals surface area (Å²) in [5, 5.41) is 0. The quantitative estimate of drug-likeness (QED) is 0.321. The van der Waals surface area contributed by atoms with Gasteiger partial charge in [-0.15, -0.1) is 0 Å². The Balaban J connectivity index is -0.00000000286. The van der Waals surface area contributed by atoms with Crippen LogP contribution < -0.4 is 0 Å². The molecule has 0 aromatic heterocycles. The first-order valence-corrected chi connectivity index (χ1v) is 2.10. The summed E-state index contributed by atoms with van der Waals surface area (Å²) < 4.78 is 31.6. The standard InChI is InChI=1S/Cd.H2O4S.7H2O/c;1-5(2,3)4;;;;;;;/h;(H2,1,2,3,4);7*1H2. The fourth-order valence-electron chi connectivity index (χ4n) is 0. The van der Waals surface area contributed by atoms with Crippen LogP contribution in [-0.2, 0) is 37.7 Å². The Morgan fingerprint density at radius 2 is 0.615 bits per heavy atom. The molecule has 0 saturated heterocycles. The second-order valence-electron chi connectivity index (χ2n) is 0.448. The van der Waals surface area contributed by atoms with Gasteiger partial charge in [0, 0.05) is 27.3 Å². The fraction of sp³-hybridized carbons (Fsp3) is 0. The predicted molar refractivity (Wildman–Crippen MR) is 39.5 cm³/mol. The van der Waals surface area contributed by atoms with Crippen LogP contribution in [0.5, 0.6) is 0 Å². The molecular weight excluding hydrogens is 320 g/mol. The van der Waals surface area contributed by atoms with Crippen molar-refractivity contribution in [3.63, 3.8) is 0 Å². The summed E-state index contributed by atoms with van der Waals surface area (Å²) in [6.07, 6.45) is 0. The molecule has 90 valence electrons. The minimum atomic E-state index is -4.67. The van der Waals surface area contributed by atoms with Crippen molar-refractivity contribution in [3.8, 4) is 0 Å². The van der Waals surface area contributed by atoms with E-state index in [1.165, 1.54) is 0 Å². The molecule has 0 fully saturated rings. The molecule has 13 heteroatoms. The molecule has 13 heavy (non-hydrogen) atoms. The normalized spacial score (nSPS) is 4.46. The van der Waals surface area contributed by atoms with Gasteiger partial charge in [0.15, 0.2) is 0 Å². The first-order chi connectivity index (χ1) is 2.00. The van der Waals surface area contributed by atoms with E-state index >= 15 is 0 Å². The largest absolute Gasteiger partial charge is 0.412 e. The van der Waals surface area contributed by atoms with Crippen LogP contribution >= 0.6 is 0 Å². The molecule has 16 N–H and O–H groups in total. The van der Waals surface area contributed by atoms with E-state index in [1.54, 1.807) is 0 Å². The average Bonchev–Trinajstić information content (AvgIpc) is 0.722. The van der Waals surface area contributed by atoms with Crippen molar-refractivity contribution in [1.29, 1.82) is 0 Å². The van der Waals surface area contributed by atoms with Crippen LogP contribution in [0.2, 0.25) is 0 Å². The van der Waals surface area contributed by atoms with Gasteiger partial charge in [-0.2, -0.15) is 8.42 Å². The molecule has 0 radical (unpaired) electrons. The van der Waals surface area contributed by atoms with E-state index in [-0.39, 0.29) is 65.6 Å². The molecule has 0 aliphatic heterocycles. The van der Waals surface area contributed by atoms with Crippen LogP contribution in [0, 0.1) is 0 Å². The van der Waals surface area contributed by atoms with Crippen molar-refractivity contribution < 1.29 is 83.2 Å². The van der Waals surface area contributed by atoms with Gasteiger partial charge >= 0.3 is 10.4 Å². The van der Waals surface area contributed by atoms with Gasteiger partial charge in [0.25, 0.3) is 0 Å². The van der Waals surface area contributed by atoms with Crippen LogP contribution in [0.1, 0.15) is 0 Å². The topological polar surface area (TPSA) is 295 Å². The fourth-order valence-corrected chi connectivity index (χ4v) is 0. The zero-order chi connectivity index (χ0) is 4.50. The van der Waals surface area contributed by atoms with Gasteiger partial charge in [0.1, 0.15) is 0 Å². The van der Waals surface area contributed by atoms with E-state index in [4.69, 9.17) is 17.5 Å². The van der Waals surface area contributed by atoms with Gasteiger partial charge in [-0.3, -0.25) is 9.11 Å². The number of rotatable bonds is 0. The molecule has 0 aliphatic rings. The smallest absolute Gasteiger partial charge is 0.394 e. The Morgan fingerprint density at radius 1 is 0.615 bits per heavy atom. The molecule has 0 unspecified atom stereocenters. The van der Waals surface area contributed by atoms with Crippen LogP contribution in [0.4, 0.5) is 0 Å². The van der Waals surface area contributed by atoms with E-state index in [0.29, 0.717) is 0 Å². The predicted octanol–water partition coefficient (Wildman–Crippen LogP) is -6.43. The van der Waals surface area contributed by atoms with Gasteiger partial charge in [-0.25, -0.2) is 0 Å². The van der Waals surface area contributed by atoms with E-state index in [9.17, 15) is 0 Å². The van der Waals surface area contributed by atoms with Crippen LogP contribution in [0.3, 0.4) is 0 Å². The molecule has 11 nitrogen and oxygen atoms in total. The molecular formula is H16CdO11S. The molecule has 0 aromatic carbocycles. The first-order valence-electron chi connectivity index (χ1n) is 0.698. The van der Waals surface area contributed by atoms with Crippen LogP contribution in [-0.4, -0.2) is 55.9 Å². The van der Waals surface area contributed by atoms with Crippen molar-refractivity contribution >= 4 is 10.4 Å². The molecule has 0 aliphatic carbocycles. The summed E-state index contributed by atoms with van der Waals surface area (Å²) in [5.41, 5.74) is 0. The summed E-state index contributed by atoms with van der Waals surface area (Å²) in [6, 6.07) is 0. The minimum absolute atomic E-state index is 0. The Morgan fingerprint density at radius 3 is 0.615 bits per heavy atom. The maximum Gasteiger partial charge on any atom is 0.394 e. The van der Waals surface area contributed by atoms with Crippen LogP contribution in [0.15, 0.2) is 0 Å². The Labute approximate surface area is 93.7 Å². The van der Waals surface area contributed by atoms with Crippen molar-refractivity contribution in [2.24, 2.45) is 0 Å². The Hall–Kier alpha value is 0.512. The Kier molecular flexibility index (Phi) is 313. The molecule has 0 saturated carbocycles. The van der Waals surface area contributed by atoms with Gasteiger partial charge in [-0.1, -0.05) is 0 Å². The maximum absolute atomic E-state index is 8.74. The van der Waals surface area contributed by atoms with Crippen LogP contribution in [0.25, 0.3) is 0 Å². The summed E-state index contributed by atoms with van der Waals surface area (Å²) >= 11 is 0. The van der Waals surface area contributed by atoms with Gasteiger partial charge in [-0.05, 0) is 0 Å². The third-order valence-corrected chi connectivity index (χ3v) is 0. The van der Waals surface area contributed by atoms with Crippen molar-refractivity contribution in [2.75, 3.05) is 0 Å². The van der Waals surface area contributed by atoms with Crippen molar-refractivity contribution in [3.05, 3.63) is 0 Å². The van der Waals surface area contributed by atoms with Crippen molar-refractivity contribution in [1.82, 2.24) is 0 Å². The number of hydrogen-bond acceptors (Lipinski definition) is 2. The van der Waals surface area contributed by atoms with Gasteiger partial charge in [0.2, 0.25) is 0 Å². The van der Waals surface area contributed by atoms with E-state index in [1.807, 2.05) is 0 Å². The second kappa shape index (κ2) is 39.1. The van der Waals surface area contributed by atoms with Crippen molar-refractivity contribution in [2.45, 2.75) is 0 Å². The Bertz CT molecular complexity index is 93.3. The van der Waals surface area contributed by atoms with Gasteiger partial charge in [0.05, 0.1) is 0 Å². The second-order valence-corrected chi connectivity index (χ2v) is 1.34. The summed E-state index contributed by atoms with van der Waals surface area (Å²) in [7, 11) is -4.67. The third-order valence-electron chi connectivity index (χ3n) is 0. The zero-order valence-corrected chi connectivity index (χ0v) is 11.2. The molecule has 0 rings (SSSR count). The molecule has 0 heterocycles. The monoisotopic (exact) mass is 338 g/mol. The third kappa shape index (κ3) is 5270. The molecule has 0 amide bonds. The minimum Gasteiger partial charge on any atom is -0.412 e. The summed E-state index contributed by atoms with van der Waals surface area (Å²) in [5.74, 6) is 0. The summed E-state index contributed by atoms with van der Waals surface area (Å²) in [6.45, 7) is 0. The van der Waals surface area contributed by atoms with Gasteiger partial charge < -0.3 is 38.3 Å². The first kappa shape index (κ1) is 104. The summed E-state index contributed by atoms with van der Waals surface area (Å²) in [4.78, 5) is 0. The molecule has 0 bridgehead atoms. The van der Waals surface area contributed by atoms with E-state index in [0.717, 1.165) is 0 Å². The maximum atomic E-state index is 8.74. The van der Waals surface area contributed by atoms with E-state index in [2.05, 4.69) is 0 Å². The zero-order valence-electron chi connectivity index (χ0n) is 6.33. The average molecular weight is 337 g/mol. The number of hydrogen-bond donors (Lipinski definition) is 2. The molecule has 0 aromatic rings. The van der Waals surface area contributed by atoms with E-state index < -0.39 is 10.4 Å². The molecule has 0 spiro atoms. The SMILES string of the molecule is O.O.O.O.O.O.O.O=S(=O)(O)O.[Cd]. The molecule has 0 atom stereocenters.